The number of hydrogen-bond donors (Lipinski definition) is 1. The SMILES string of the molecule is Fc1c(F)c(F)c(NC2CCCc3occc32)c(F)c1F. The lowest BCUT2D eigenvalue weighted by Gasteiger charge is -2.24. The second-order valence-corrected chi connectivity index (χ2v) is 4.83. The third kappa shape index (κ3) is 2.16. The van der Waals surface area contributed by atoms with E-state index in [2.05, 4.69) is 5.32 Å². The van der Waals surface area contributed by atoms with E-state index in [1.54, 1.807) is 6.07 Å². The topological polar surface area (TPSA) is 25.2 Å². The maximum absolute atomic E-state index is 13.7. The smallest absolute Gasteiger partial charge is 0.200 e. The van der Waals surface area contributed by atoms with Gasteiger partial charge in [-0.1, -0.05) is 0 Å². The summed E-state index contributed by atoms with van der Waals surface area (Å²) in [6, 6.07) is 1.07. The average molecular weight is 303 g/mol. The van der Waals surface area contributed by atoms with Crippen molar-refractivity contribution in [3.63, 3.8) is 0 Å². The summed E-state index contributed by atoms with van der Waals surface area (Å²) in [5.74, 6) is -9.14. The molecule has 1 atom stereocenters. The fourth-order valence-corrected chi connectivity index (χ4v) is 2.54. The lowest BCUT2D eigenvalue weighted by Crippen LogP contribution is -2.19. The Morgan fingerprint density at radius 3 is 2.24 bits per heavy atom. The molecule has 1 aromatic heterocycles. The Morgan fingerprint density at radius 1 is 0.952 bits per heavy atom. The molecule has 0 radical (unpaired) electrons. The Labute approximate surface area is 116 Å². The van der Waals surface area contributed by atoms with Gasteiger partial charge in [0.25, 0.3) is 0 Å². The van der Waals surface area contributed by atoms with Gasteiger partial charge in [-0.2, -0.15) is 0 Å². The largest absolute Gasteiger partial charge is 0.469 e. The number of anilines is 1. The molecule has 1 heterocycles. The number of furan rings is 1. The molecule has 1 aromatic carbocycles. The van der Waals surface area contributed by atoms with Crippen LogP contribution in [0.3, 0.4) is 0 Å². The van der Waals surface area contributed by atoms with Crippen LogP contribution in [0.2, 0.25) is 0 Å². The van der Waals surface area contributed by atoms with E-state index in [4.69, 9.17) is 4.42 Å². The van der Waals surface area contributed by atoms with Crippen LogP contribution in [0, 0.1) is 29.1 Å². The van der Waals surface area contributed by atoms with Gasteiger partial charge in [-0.3, -0.25) is 0 Å². The standard InChI is InChI=1S/C14H10F5NO/c15-9-10(16)12(18)14(13(19)11(9)17)20-7-2-1-3-8-6(7)4-5-21-8/h4-5,7,20H,1-3H2. The van der Waals surface area contributed by atoms with Gasteiger partial charge in [0.2, 0.25) is 5.82 Å². The molecule has 2 aromatic rings. The van der Waals surface area contributed by atoms with Crippen molar-refractivity contribution in [1.29, 1.82) is 0 Å². The minimum atomic E-state index is -2.16. The number of nitrogens with one attached hydrogen (secondary N) is 1. The zero-order chi connectivity index (χ0) is 15.1. The van der Waals surface area contributed by atoms with Gasteiger partial charge in [0.15, 0.2) is 23.3 Å². The highest BCUT2D eigenvalue weighted by atomic mass is 19.2. The van der Waals surface area contributed by atoms with Gasteiger partial charge in [0.1, 0.15) is 11.4 Å². The van der Waals surface area contributed by atoms with Crippen LogP contribution >= 0.6 is 0 Å². The maximum atomic E-state index is 13.7. The highest BCUT2D eigenvalue weighted by Crippen LogP contribution is 2.36. The molecule has 1 aliphatic carbocycles. The molecule has 0 saturated heterocycles. The van der Waals surface area contributed by atoms with Crippen molar-refractivity contribution in [1.82, 2.24) is 0 Å². The number of benzene rings is 1. The Balaban J connectivity index is 2.01. The number of aryl methyl sites for hydroxylation is 1. The molecule has 7 heteroatoms. The quantitative estimate of drug-likeness (QED) is 0.503. The molecule has 0 bridgehead atoms. The van der Waals surface area contributed by atoms with Gasteiger partial charge in [0.05, 0.1) is 12.3 Å². The molecular weight excluding hydrogens is 293 g/mol. The van der Waals surface area contributed by atoms with Gasteiger partial charge in [-0.25, -0.2) is 22.0 Å². The average Bonchev–Trinajstić information content (AvgIpc) is 2.97. The zero-order valence-corrected chi connectivity index (χ0v) is 10.7. The first kappa shape index (κ1) is 13.9. The van der Waals surface area contributed by atoms with E-state index in [0.29, 0.717) is 30.6 Å². The van der Waals surface area contributed by atoms with E-state index in [1.165, 1.54) is 6.26 Å². The summed E-state index contributed by atoms with van der Waals surface area (Å²) in [4.78, 5) is 0. The van der Waals surface area contributed by atoms with Crippen molar-refractivity contribution in [3.05, 3.63) is 52.7 Å². The van der Waals surface area contributed by atoms with E-state index in [1.807, 2.05) is 0 Å². The van der Waals surface area contributed by atoms with Crippen LogP contribution in [-0.2, 0) is 6.42 Å². The summed E-state index contributed by atoms with van der Waals surface area (Å²) in [6.07, 6.45) is 3.31. The first-order valence-corrected chi connectivity index (χ1v) is 6.35. The molecule has 3 rings (SSSR count). The van der Waals surface area contributed by atoms with Crippen molar-refractivity contribution in [2.75, 3.05) is 5.32 Å². The van der Waals surface area contributed by atoms with Gasteiger partial charge in [-0.05, 0) is 18.9 Å². The first-order valence-electron chi connectivity index (χ1n) is 6.35. The van der Waals surface area contributed by atoms with Crippen molar-refractivity contribution < 1.29 is 26.4 Å². The molecule has 1 aliphatic rings. The zero-order valence-electron chi connectivity index (χ0n) is 10.7. The maximum Gasteiger partial charge on any atom is 0.200 e. The lowest BCUT2D eigenvalue weighted by atomic mass is 9.93. The van der Waals surface area contributed by atoms with Crippen LogP contribution < -0.4 is 5.32 Å². The van der Waals surface area contributed by atoms with E-state index < -0.39 is 40.8 Å². The van der Waals surface area contributed by atoms with E-state index in [0.717, 1.165) is 0 Å². The predicted molar refractivity (Wildman–Crippen MR) is 64.2 cm³/mol. The minimum Gasteiger partial charge on any atom is -0.469 e. The highest BCUT2D eigenvalue weighted by molar-refractivity contribution is 5.50. The molecule has 0 saturated carbocycles. The summed E-state index contributed by atoms with van der Waals surface area (Å²) in [6.45, 7) is 0. The monoisotopic (exact) mass is 303 g/mol. The van der Waals surface area contributed by atoms with Crippen LogP contribution in [0.1, 0.15) is 30.2 Å². The molecule has 1 N–H and O–H groups in total. The molecule has 1 unspecified atom stereocenters. The van der Waals surface area contributed by atoms with Crippen molar-refractivity contribution in [2.45, 2.75) is 25.3 Å². The van der Waals surface area contributed by atoms with Gasteiger partial charge in [0, 0.05) is 12.0 Å². The van der Waals surface area contributed by atoms with Gasteiger partial charge in [-0.15, -0.1) is 0 Å². The van der Waals surface area contributed by atoms with Crippen molar-refractivity contribution >= 4 is 5.69 Å². The second kappa shape index (κ2) is 5.05. The Hall–Kier alpha value is -2.05. The van der Waals surface area contributed by atoms with E-state index >= 15 is 0 Å². The lowest BCUT2D eigenvalue weighted by molar-refractivity contribution is 0.379. The fourth-order valence-electron chi connectivity index (χ4n) is 2.54. The summed E-state index contributed by atoms with van der Waals surface area (Å²) in [7, 11) is 0. The predicted octanol–water partition coefficient (Wildman–Crippen LogP) is 4.46. The van der Waals surface area contributed by atoms with Crippen LogP contribution in [0.5, 0.6) is 0 Å². The fraction of sp³-hybridized carbons (Fsp3) is 0.286. The summed E-state index contributed by atoms with van der Waals surface area (Å²) >= 11 is 0. The van der Waals surface area contributed by atoms with E-state index in [-0.39, 0.29) is 0 Å². The molecule has 0 amide bonds. The number of fused-ring (bicyclic) bond motifs is 1. The van der Waals surface area contributed by atoms with Gasteiger partial charge < -0.3 is 9.73 Å². The molecule has 0 spiro atoms. The third-order valence-electron chi connectivity index (χ3n) is 3.58. The van der Waals surface area contributed by atoms with Crippen LogP contribution in [0.4, 0.5) is 27.6 Å². The first-order chi connectivity index (χ1) is 10.0. The van der Waals surface area contributed by atoms with E-state index in [9.17, 15) is 22.0 Å². The minimum absolute atomic E-state index is 0.506. The molecule has 21 heavy (non-hydrogen) atoms. The Kier molecular flexibility index (Phi) is 3.35. The van der Waals surface area contributed by atoms with Crippen LogP contribution in [0.25, 0.3) is 0 Å². The summed E-state index contributed by atoms with van der Waals surface area (Å²) < 4.78 is 71.9. The summed E-state index contributed by atoms with van der Waals surface area (Å²) in [5, 5.41) is 2.41. The van der Waals surface area contributed by atoms with Crippen LogP contribution in [-0.4, -0.2) is 0 Å². The van der Waals surface area contributed by atoms with Crippen molar-refractivity contribution in [2.24, 2.45) is 0 Å². The van der Waals surface area contributed by atoms with Gasteiger partial charge >= 0.3 is 0 Å². The normalized spacial score (nSPS) is 17.7. The molecule has 112 valence electrons. The number of halogens is 5. The molecule has 2 nitrogen and oxygen atoms in total. The Morgan fingerprint density at radius 2 is 1.57 bits per heavy atom. The third-order valence-corrected chi connectivity index (χ3v) is 3.58. The number of rotatable bonds is 2. The molecule has 0 aliphatic heterocycles. The Bertz CT molecular complexity index is 668. The summed E-state index contributed by atoms with van der Waals surface area (Å²) in [5.41, 5.74) is -0.337. The molecular formula is C14H10F5NO. The second-order valence-electron chi connectivity index (χ2n) is 4.83. The van der Waals surface area contributed by atoms with Crippen LogP contribution in [0.15, 0.2) is 16.7 Å². The number of hydrogen-bond acceptors (Lipinski definition) is 2. The van der Waals surface area contributed by atoms with Crippen molar-refractivity contribution in [3.8, 4) is 0 Å². The highest BCUT2D eigenvalue weighted by Gasteiger charge is 2.29. The molecule has 0 fully saturated rings.